The molecule has 2 aliphatic heterocycles. The van der Waals surface area contributed by atoms with Crippen molar-refractivity contribution in [1.29, 1.82) is 0 Å². The maximum Gasteiger partial charge on any atom is 0.358 e. The Morgan fingerprint density at radius 2 is 2.07 bits per heavy atom. The normalized spacial score (nSPS) is 24.0. The van der Waals surface area contributed by atoms with Gasteiger partial charge in [-0.25, -0.2) is 9.78 Å². The topological polar surface area (TPSA) is 50.6 Å². The molecule has 1 saturated heterocycles. The molecular formula is C22H28N4O2S. The lowest BCUT2D eigenvalue weighted by Gasteiger charge is -2.36. The van der Waals surface area contributed by atoms with E-state index in [0.717, 1.165) is 49.8 Å². The Labute approximate surface area is 176 Å². The van der Waals surface area contributed by atoms with E-state index in [1.807, 2.05) is 13.1 Å². The highest BCUT2D eigenvalue weighted by atomic mass is 32.1. The lowest BCUT2D eigenvalue weighted by molar-refractivity contribution is 0.0520. The summed E-state index contributed by atoms with van der Waals surface area (Å²) < 4.78 is 7.32. The summed E-state index contributed by atoms with van der Waals surface area (Å²) in [6.07, 6.45) is 7.34. The Morgan fingerprint density at radius 3 is 2.76 bits per heavy atom. The third-order valence-corrected chi connectivity index (χ3v) is 6.31. The summed E-state index contributed by atoms with van der Waals surface area (Å²) >= 11 is 1.70. The average Bonchev–Trinajstić information content (AvgIpc) is 3.37. The molecule has 1 fully saturated rings. The van der Waals surface area contributed by atoms with Gasteiger partial charge in [0.1, 0.15) is 0 Å². The van der Waals surface area contributed by atoms with Crippen LogP contribution in [0.25, 0.3) is 11.4 Å². The second-order valence-electron chi connectivity index (χ2n) is 7.66. The average molecular weight is 413 g/mol. The molecule has 0 bridgehead atoms. The first-order valence-electron chi connectivity index (χ1n) is 10.2. The van der Waals surface area contributed by atoms with E-state index >= 15 is 0 Å². The van der Waals surface area contributed by atoms with Crippen molar-refractivity contribution >= 4 is 28.7 Å². The number of piperazine rings is 1. The highest BCUT2D eigenvalue weighted by molar-refractivity contribution is 7.11. The van der Waals surface area contributed by atoms with Crippen molar-refractivity contribution in [2.45, 2.75) is 20.3 Å². The Hall–Kier alpha value is -2.38. The summed E-state index contributed by atoms with van der Waals surface area (Å²) in [4.78, 5) is 23.1. The number of esters is 1. The number of aromatic nitrogens is 2. The molecule has 29 heavy (non-hydrogen) atoms. The number of hydrogen-bond acceptors (Lipinski definition) is 6. The second kappa shape index (κ2) is 8.55. The van der Waals surface area contributed by atoms with Gasteiger partial charge < -0.3 is 14.5 Å². The molecule has 4 heterocycles. The number of likely N-dealkylation sites (N-methyl/N-ethyl adjacent to an activating group) is 1. The summed E-state index contributed by atoms with van der Waals surface area (Å²) in [6.45, 7) is 8.34. The number of imidazole rings is 1. The molecule has 6 nitrogen and oxygen atoms in total. The van der Waals surface area contributed by atoms with E-state index in [2.05, 4.69) is 58.0 Å². The minimum atomic E-state index is -0.372. The molecule has 0 aromatic carbocycles. The highest BCUT2D eigenvalue weighted by Crippen LogP contribution is 2.33. The molecule has 0 N–H and O–H groups in total. The number of hydrogen-bond donors (Lipinski definition) is 0. The molecule has 4 rings (SSSR count). The number of fused-ring (bicyclic) bond motifs is 1. The summed E-state index contributed by atoms with van der Waals surface area (Å²) in [6, 6.07) is 4.18. The van der Waals surface area contributed by atoms with Crippen LogP contribution in [0.15, 0.2) is 35.9 Å². The van der Waals surface area contributed by atoms with E-state index in [1.54, 1.807) is 11.3 Å². The van der Waals surface area contributed by atoms with Crippen LogP contribution in [-0.4, -0.2) is 65.2 Å². The Balaban J connectivity index is 1.82. The van der Waals surface area contributed by atoms with Crippen LogP contribution in [0.5, 0.6) is 0 Å². The van der Waals surface area contributed by atoms with E-state index in [9.17, 15) is 4.79 Å². The predicted molar refractivity (Wildman–Crippen MR) is 117 cm³/mol. The monoisotopic (exact) mass is 412 g/mol. The van der Waals surface area contributed by atoms with Crippen molar-refractivity contribution < 1.29 is 9.53 Å². The first-order chi connectivity index (χ1) is 14.1. The first kappa shape index (κ1) is 19.9. The zero-order valence-corrected chi connectivity index (χ0v) is 18.1. The minimum absolute atomic E-state index is 0.340. The van der Waals surface area contributed by atoms with Crippen molar-refractivity contribution in [1.82, 2.24) is 19.4 Å². The minimum Gasteiger partial charge on any atom is -0.461 e. The zero-order chi connectivity index (χ0) is 20.4. The molecule has 2 aromatic heterocycles. The van der Waals surface area contributed by atoms with Gasteiger partial charge in [-0.15, -0.1) is 11.3 Å². The fraction of sp³-hybridized carbons (Fsp3) is 0.455. The van der Waals surface area contributed by atoms with Crippen LogP contribution in [-0.2, 0) is 4.74 Å². The summed E-state index contributed by atoms with van der Waals surface area (Å²) in [5.41, 5.74) is 2.56. The van der Waals surface area contributed by atoms with Gasteiger partial charge >= 0.3 is 5.97 Å². The molecule has 154 valence electrons. The second-order valence-corrected chi connectivity index (χ2v) is 8.61. The van der Waals surface area contributed by atoms with E-state index in [0.29, 0.717) is 18.2 Å². The third-order valence-electron chi connectivity index (χ3n) is 5.42. The standard InChI is InChI=1S/C22H28N4O2S/c1-4-28-22(27)17-15-26-19(20-6-5-13-29-20)14-16(2)7-8-18(21(26)23-17)25-11-9-24(3)10-12-25/h5-6,8,13-16H,4,7,9-12H2,1-3H3/b18-8-,19-14-. The fourth-order valence-corrected chi connectivity index (χ4v) is 4.55. The maximum atomic E-state index is 12.5. The van der Waals surface area contributed by atoms with Crippen molar-refractivity contribution in [3.8, 4) is 0 Å². The summed E-state index contributed by atoms with van der Waals surface area (Å²) in [5, 5.41) is 2.08. The molecule has 0 saturated carbocycles. The van der Waals surface area contributed by atoms with Crippen LogP contribution < -0.4 is 0 Å². The number of carbonyl (C=O) groups excluding carboxylic acids is 1. The van der Waals surface area contributed by atoms with E-state index in [4.69, 9.17) is 9.72 Å². The number of nitrogens with zero attached hydrogens (tertiary/aromatic N) is 4. The molecule has 2 aliphatic rings. The van der Waals surface area contributed by atoms with Gasteiger partial charge in [0.15, 0.2) is 11.5 Å². The van der Waals surface area contributed by atoms with Gasteiger partial charge in [-0.2, -0.15) is 0 Å². The van der Waals surface area contributed by atoms with E-state index in [1.165, 1.54) is 4.88 Å². The van der Waals surface area contributed by atoms with Gasteiger partial charge in [-0.05, 0) is 37.8 Å². The fourth-order valence-electron chi connectivity index (χ4n) is 3.80. The molecule has 7 heteroatoms. The predicted octanol–water partition coefficient (Wildman–Crippen LogP) is 3.64. The summed E-state index contributed by atoms with van der Waals surface area (Å²) in [7, 11) is 2.16. The van der Waals surface area contributed by atoms with Crippen LogP contribution in [0.2, 0.25) is 0 Å². The molecule has 0 radical (unpaired) electrons. The van der Waals surface area contributed by atoms with Crippen LogP contribution in [0, 0.1) is 5.92 Å². The quantitative estimate of drug-likeness (QED) is 0.718. The Bertz CT molecular complexity index is 921. The third kappa shape index (κ3) is 4.16. The molecular weight excluding hydrogens is 384 g/mol. The molecule has 0 aliphatic carbocycles. The van der Waals surface area contributed by atoms with Gasteiger partial charge in [-0.1, -0.05) is 25.1 Å². The SMILES string of the molecule is CCOC(=O)c1cn2c(n1)/C(N1CCN(C)CC1)=C/CC(C)/C=C\2c1cccs1. The highest BCUT2D eigenvalue weighted by Gasteiger charge is 2.27. The van der Waals surface area contributed by atoms with Crippen LogP contribution in [0.4, 0.5) is 0 Å². The van der Waals surface area contributed by atoms with Crippen LogP contribution in [0.1, 0.15) is 41.5 Å². The molecule has 1 unspecified atom stereocenters. The van der Waals surface area contributed by atoms with Gasteiger partial charge in [0.05, 0.1) is 22.9 Å². The van der Waals surface area contributed by atoms with Gasteiger partial charge in [0.25, 0.3) is 0 Å². The van der Waals surface area contributed by atoms with Crippen LogP contribution >= 0.6 is 11.3 Å². The Morgan fingerprint density at radius 1 is 1.28 bits per heavy atom. The Kier molecular flexibility index (Phi) is 5.87. The number of allylic oxidation sites excluding steroid dienone is 2. The maximum absolute atomic E-state index is 12.5. The number of thiophene rings is 1. The van der Waals surface area contributed by atoms with Crippen molar-refractivity contribution in [2.75, 3.05) is 39.8 Å². The van der Waals surface area contributed by atoms with Crippen molar-refractivity contribution in [3.05, 3.63) is 52.3 Å². The van der Waals surface area contributed by atoms with Crippen molar-refractivity contribution in [3.63, 3.8) is 0 Å². The lowest BCUT2D eigenvalue weighted by Crippen LogP contribution is -2.43. The summed E-state index contributed by atoms with van der Waals surface area (Å²) in [5.74, 6) is 0.836. The molecule has 0 spiro atoms. The lowest BCUT2D eigenvalue weighted by atomic mass is 10.0. The zero-order valence-electron chi connectivity index (χ0n) is 17.3. The van der Waals surface area contributed by atoms with E-state index in [-0.39, 0.29) is 5.97 Å². The van der Waals surface area contributed by atoms with Crippen molar-refractivity contribution in [2.24, 2.45) is 5.92 Å². The smallest absolute Gasteiger partial charge is 0.358 e. The first-order valence-corrected chi connectivity index (χ1v) is 11.1. The number of rotatable bonds is 4. The number of carbonyl (C=O) groups is 1. The van der Waals surface area contributed by atoms with Crippen LogP contribution in [0.3, 0.4) is 0 Å². The molecule has 2 aromatic rings. The van der Waals surface area contributed by atoms with Gasteiger partial charge in [0.2, 0.25) is 0 Å². The molecule has 1 atom stereocenters. The number of ether oxygens (including phenoxy) is 1. The van der Waals surface area contributed by atoms with Gasteiger partial charge in [0, 0.05) is 32.4 Å². The molecule has 0 amide bonds. The van der Waals surface area contributed by atoms with Gasteiger partial charge in [-0.3, -0.25) is 4.57 Å². The van der Waals surface area contributed by atoms with E-state index < -0.39 is 0 Å². The largest absolute Gasteiger partial charge is 0.461 e.